The number of nitrogens with zero attached hydrogens (tertiary/aromatic N) is 1. The van der Waals surface area contributed by atoms with Crippen molar-refractivity contribution < 1.29 is 17.9 Å². The summed E-state index contributed by atoms with van der Waals surface area (Å²) in [4.78, 5) is 15.7. The summed E-state index contributed by atoms with van der Waals surface area (Å²) >= 11 is 1.76. The molecule has 0 aliphatic rings. The van der Waals surface area contributed by atoms with E-state index in [9.17, 15) is 13.2 Å². The fraction of sp³-hybridized carbons (Fsp3) is 0.320. The molecule has 1 amide bonds. The summed E-state index contributed by atoms with van der Waals surface area (Å²) < 4.78 is 32.5. The van der Waals surface area contributed by atoms with E-state index in [1.807, 2.05) is 31.0 Å². The first-order valence-corrected chi connectivity index (χ1v) is 13.2. The molecule has 2 aromatic carbocycles. The first-order valence-electron chi connectivity index (χ1n) is 10.9. The van der Waals surface area contributed by atoms with Crippen molar-refractivity contribution in [2.24, 2.45) is 0 Å². The molecule has 3 aromatic rings. The van der Waals surface area contributed by atoms with Gasteiger partial charge in [-0.1, -0.05) is 36.4 Å². The number of carbonyl (C=O) groups excluding carboxylic acids is 1. The highest BCUT2D eigenvalue weighted by Gasteiger charge is 2.20. The van der Waals surface area contributed by atoms with Crippen molar-refractivity contribution in [3.05, 3.63) is 82.6 Å². The van der Waals surface area contributed by atoms with E-state index in [-0.39, 0.29) is 17.4 Å². The van der Waals surface area contributed by atoms with E-state index in [1.165, 1.54) is 22.6 Å². The van der Waals surface area contributed by atoms with Crippen LogP contribution < -0.4 is 9.46 Å². The molecule has 0 spiro atoms. The van der Waals surface area contributed by atoms with Gasteiger partial charge in [-0.15, -0.1) is 11.3 Å². The van der Waals surface area contributed by atoms with Crippen molar-refractivity contribution in [1.82, 2.24) is 9.62 Å². The van der Waals surface area contributed by atoms with Crippen molar-refractivity contribution in [2.75, 3.05) is 20.2 Å². The minimum absolute atomic E-state index is 0.0797. The van der Waals surface area contributed by atoms with E-state index in [4.69, 9.17) is 4.74 Å². The maximum atomic E-state index is 12.3. The standard InChI is InChI=1S/C25H30N2O4S2/c1-20(18-25(28)26-33(29,30)24-9-4-3-5-10-24)27(2)15-7-16-31-22-13-11-21(12-14-22)19-23-8-6-17-32-23/h3-6,8-14,17,20H,7,15-16,18-19H2,1-2H3,(H,26,28). The number of ether oxygens (including phenoxy) is 1. The lowest BCUT2D eigenvalue weighted by atomic mass is 10.1. The van der Waals surface area contributed by atoms with E-state index < -0.39 is 15.9 Å². The molecule has 3 rings (SSSR count). The number of hydrogen-bond acceptors (Lipinski definition) is 6. The molecule has 0 fully saturated rings. The highest BCUT2D eigenvalue weighted by molar-refractivity contribution is 7.90. The quantitative estimate of drug-likeness (QED) is 0.386. The number of carbonyl (C=O) groups is 1. The maximum Gasteiger partial charge on any atom is 0.264 e. The zero-order chi connectivity index (χ0) is 23.7. The molecule has 1 unspecified atom stereocenters. The van der Waals surface area contributed by atoms with Gasteiger partial charge in [0.1, 0.15) is 5.75 Å². The molecule has 0 aliphatic carbocycles. The molecule has 1 atom stereocenters. The summed E-state index contributed by atoms with van der Waals surface area (Å²) in [6.07, 6.45) is 1.82. The van der Waals surface area contributed by atoms with Gasteiger partial charge in [0.05, 0.1) is 11.5 Å². The van der Waals surface area contributed by atoms with Crippen LogP contribution in [-0.2, 0) is 21.2 Å². The lowest BCUT2D eigenvalue weighted by Crippen LogP contribution is -2.38. The number of hydrogen-bond donors (Lipinski definition) is 1. The molecule has 1 N–H and O–H groups in total. The Balaban J connectivity index is 1.36. The summed E-state index contributed by atoms with van der Waals surface area (Å²) in [6, 6.07) is 20.2. The molecule has 0 saturated heterocycles. The van der Waals surface area contributed by atoms with Gasteiger partial charge in [0, 0.05) is 30.3 Å². The van der Waals surface area contributed by atoms with Crippen LogP contribution in [0.3, 0.4) is 0 Å². The first kappa shape index (κ1) is 25.0. The van der Waals surface area contributed by atoms with E-state index in [0.29, 0.717) is 6.61 Å². The van der Waals surface area contributed by atoms with Crippen molar-refractivity contribution in [3.8, 4) is 5.75 Å². The smallest absolute Gasteiger partial charge is 0.264 e. The number of nitrogens with one attached hydrogen (secondary N) is 1. The topological polar surface area (TPSA) is 75.7 Å². The van der Waals surface area contributed by atoms with Crippen LogP contribution >= 0.6 is 11.3 Å². The molecule has 176 valence electrons. The minimum Gasteiger partial charge on any atom is -0.494 e. The van der Waals surface area contributed by atoms with Crippen LogP contribution in [0.1, 0.15) is 30.2 Å². The Morgan fingerprint density at radius 2 is 1.79 bits per heavy atom. The third-order valence-electron chi connectivity index (χ3n) is 5.34. The highest BCUT2D eigenvalue weighted by Crippen LogP contribution is 2.18. The van der Waals surface area contributed by atoms with Crippen LogP contribution in [0, 0.1) is 0 Å². The number of amides is 1. The molecular weight excluding hydrogens is 456 g/mol. The molecule has 0 aliphatic heterocycles. The summed E-state index contributed by atoms with van der Waals surface area (Å²) in [7, 11) is -1.92. The van der Waals surface area contributed by atoms with Crippen LogP contribution in [0.4, 0.5) is 0 Å². The Morgan fingerprint density at radius 1 is 1.06 bits per heavy atom. The van der Waals surface area contributed by atoms with Gasteiger partial charge in [-0.25, -0.2) is 13.1 Å². The van der Waals surface area contributed by atoms with Crippen LogP contribution in [0.5, 0.6) is 5.75 Å². The molecule has 1 aromatic heterocycles. The predicted octanol–water partition coefficient (Wildman–Crippen LogP) is 4.32. The van der Waals surface area contributed by atoms with Gasteiger partial charge in [-0.05, 0) is 61.7 Å². The monoisotopic (exact) mass is 486 g/mol. The third kappa shape index (κ3) is 7.99. The van der Waals surface area contributed by atoms with E-state index in [2.05, 4.69) is 34.4 Å². The lowest BCUT2D eigenvalue weighted by molar-refractivity contribution is -0.120. The van der Waals surface area contributed by atoms with Gasteiger partial charge >= 0.3 is 0 Å². The fourth-order valence-corrected chi connectivity index (χ4v) is 5.07. The minimum atomic E-state index is -3.84. The molecule has 1 heterocycles. The van der Waals surface area contributed by atoms with Gasteiger partial charge in [0.25, 0.3) is 10.0 Å². The van der Waals surface area contributed by atoms with E-state index >= 15 is 0 Å². The number of thiophene rings is 1. The Kier molecular flexibility index (Phi) is 9.05. The summed E-state index contributed by atoms with van der Waals surface area (Å²) in [5, 5.41) is 2.09. The second-order valence-electron chi connectivity index (χ2n) is 7.98. The van der Waals surface area contributed by atoms with Crippen LogP contribution in [0.15, 0.2) is 77.0 Å². The van der Waals surface area contributed by atoms with Gasteiger partial charge in [0.2, 0.25) is 5.91 Å². The lowest BCUT2D eigenvalue weighted by Gasteiger charge is -2.24. The van der Waals surface area contributed by atoms with Gasteiger partial charge in [-0.3, -0.25) is 4.79 Å². The second kappa shape index (κ2) is 12.0. The Labute approximate surface area is 200 Å². The average molecular weight is 487 g/mol. The average Bonchev–Trinajstić information content (AvgIpc) is 3.31. The van der Waals surface area contributed by atoms with E-state index in [1.54, 1.807) is 29.5 Å². The van der Waals surface area contributed by atoms with Crippen molar-refractivity contribution in [3.63, 3.8) is 0 Å². The molecule has 0 bridgehead atoms. The van der Waals surface area contributed by atoms with Crippen LogP contribution in [0.25, 0.3) is 0 Å². The molecule has 8 heteroatoms. The number of benzene rings is 2. The Bertz CT molecular complexity index is 1100. The summed E-state index contributed by atoms with van der Waals surface area (Å²) in [6.45, 7) is 3.20. The summed E-state index contributed by atoms with van der Waals surface area (Å²) in [5.41, 5.74) is 1.26. The van der Waals surface area contributed by atoms with Crippen molar-refractivity contribution >= 4 is 27.3 Å². The molecule has 0 saturated carbocycles. The summed E-state index contributed by atoms with van der Waals surface area (Å²) in [5.74, 6) is 0.322. The SMILES string of the molecule is CC(CC(=O)NS(=O)(=O)c1ccccc1)N(C)CCCOc1ccc(Cc2cccs2)cc1. The van der Waals surface area contributed by atoms with Crippen LogP contribution in [0.2, 0.25) is 0 Å². The molecule has 0 radical (unpaired) electrons. The largest absolute Gasteiger partial charge is 0.494 e. The van der Waals surface area contributed by atoms with Crippen LogP contribution in [-0.4, -0.2) is 45.5 Å². The highest BCUT2D eigenvalue weighted by atomic mass is 32.2. The van der Waals surface area contributed by atoms with Gasteiger partial charge in [0.15, 0.2) is 0 Å². The Morgan fingerprint density at radius 3 is 2.45 bits per heavy atom. The van der Waals surface area contributed by atoms with Crippen molar-refractivity contribution in [1.29, 1.82) is 0 Å². The zero-order valence-electron chi connectivity index (χ0n) is 18.9. The molecular formula is C25H30N2O4S2. The van der Waals surface area contributed by atoms with E-state index in [0.717, 1.165) is 25.1 Å². The third-order valence-corrected chi connectivity index (χ3v) is 7.61. The predicted molar refractivity (Wildman–Crippen MR) is 132 cm³/mol. The Hall–Kier alpha value is -2.68. The van der Waals surface area contributed by atoms with Gasteiger partial charge in [-0.2, -0.15) is 0 Å². The number of sulfonamides is 1. The maximum absolute atomic E-state index is 12.3. The normalized spacial score (nSPS) is 12.5. The molecule has 33 heavy (non-hydrogen) atoms. The molecule has 6 nitrogen and oxygen atoms in total. The first-order chi connectivity index (χ1) is 15.8. The number of rotatable bonds is 12. The fourth-order valence-electron chi connectivity index (χ4n) is 3.32. The zero-order valence-corrected chi connectivity index (χ0v) is 20.6. The second-order valence-corrected chi connectivity index (χ2v) is 10.7. The van der Waals surface area contributed by atoms with Crippen molar-refractivity contribution in [2.45, 2.75) is 37.1 Å². The van der Waals surface area contributed by atoms with Gasteiger partial charge < -0.3 is 9.64 Å².